The minimum Gasteiger partial charge on any atom is -0.480 e. The van der Waals surface area contributed by atoms with Gasteiger partial charge in [-0.2, -0.15) is 0 Å². The maximum atomic E-state index is 5.93. The highest BCUT2D eigenvalue weighted by Crippen LogP contribution is 2.21. The van der Waals surface area contributed by atoms with Gasteiger partial charge in [0.1, 0.15) is 5.52 Å². The molecule has 0 atom stereocenters. The summed E-state index contributed by atoms with van der Waals surface area (Å²) in [5.41, 5.74) is 1.44. The summed E-state index contributed by atoms with van der Waals surface area (Å²) in [5, 5.41) is 0.587. The molecule has 0 saturated heterocycles. The number of hydrogen-bond acceptors (Lipinski definition) is 3. The van der Waals surface area contributed by atoms with Crippen LogP contribution < -0.4 is 4.74 Å². The third-order valence-corrected chi connectivity index (χ3v) is 2.02. The predicted octanol–water partition coefficient (Wildman–Crippen LogP) is 2.29. The maximum absolute atomic E-state index is 5.93. The van der Waals surface area contributed by atoms with Crippen LogP contribution in [0.15, 0.2) is 24.4 Å². The minimum atomic E-state index is 0.473. The van der Waals surface area contributed by atoms with E-state index in [1.807, 2.05) is 12.1 Å². The van der Waals surface area contributed by atoms with Crippen LogP contribution in [0.3, 0.4) is 0 Å². The monoisotopic (exact) mass is 194 g/mol. The van der Waals surface area contributed by atoms with Gasteiger partial charge in [0.2, 0.25) is 5.88 Å². The van der Waals surface area contributed by atoms with Crippen LogP contribution in [-0.2, 0) is 0 Å². The molecule has 0 fully saturated rings. The third kappa shape index (κ3) is 1.42. The lowest BCUT2D eigenvalue weighted by Crippen LogP contribution is -1.90. The zero-order valence-corrected chi connectivity index (χ0v) is 7.75. The van der Waals surface area contributed by atoms with Crippen molar-refractivity contribution >= 4 is 22.6 Å². The molecule has 0 aliphatic rings. The Balaban J connectivity index is 2.74. The Morgan fingerprint density at radius 3 is 3.00 bits per heavy atom. The largest absolute Gasteiger partial charge is 0.480 e. The van der Waals surface area contributed by atoms with E-state index in [0.717, 1.165) is 5.52 Å². The molecule has 0 saturated carbocycles. The fourth-order valence-corrected chi connectivity index (χ4v) is 1.29. The number of methoxy groups -OCH3 is 1. The first-order valence-corrected chi connectivity index (χ1v) is 4.14. The first kappa shape index (κ1) is 8.26. The van der Waals surface area contributed by atoms with E-state index in [1.54, 1.807) is 19.4 Å². The normalized spacial score (nSPS) is 10.3. The van der Waals surface area contributed by atoms with Crippen molar-refractivity contribution in [2.45, 2.75) is 0 Å². The molecule has 2 rings (SSSR count). The van der Waals surface area contributed by atoms with E-state index in [9.17, 15) is 0 Å². The topological polar surface area (TPSA) is 35.0 Å². The molecule has 0 bridgehead atoms. The summed E-state index contributed by atoms with van der Waals surface area (Å²) in [7, 11) is 1.55. The molecule has 0 unspecified atom stereocenters. The summed E-state index contributed by atoms with van der Waals surface area (Å²) in [5.74, 6) is 0.473. The van der Waals surface area contributed by atoms with Gasteiger partial charge in [-0.05, 0) is 12.1 Å². The second-order valence-electron chi connectivity index (χ2n) is 2.52. The maximum Gasteiger partial charge on any atom is 0.232 e. The summed E-state index contributed by atoms with van der Waals surface area (Å²) in [4.78, 5) is 8.32. The van der Waals surface area contributed by atoms with Crippen molar-refractivity contribution in [2.75, 3.05) is 7.11 Å². The van der Waals surface area contributed by atoms with Gasteiger partial charge in [0.15, 0.2) is 0 Å². The van der Waals surface area contributed by atoms with Crippen molar-refractivity contribution < 1.29 is 4.74 Å². The van der Waals surface area contributed by atoms with Gasteiger partial charge in [0.25, 0.3) is 0 Å². The molecule has 0 N–H and O–H groups in total. The van der Waals surface area contributed by atoms with Crippen LogP contribution in [-0.4, -0.2) is 17.1 Å². The van der Waals surface area contributed by atoms with Gasteiger partial charge in [0.05, 0.1) is 23.8 Å². The van der Waals surface area contributed by atoms with E-state index in [2.05, 4.69) is 9.97 Å². The minimum absolute atomic E-state index is 0.473. The van der Waals surface area contributed by atoms with Crippen molar-refractivity contribution in [1.29, 1.82) is 0 Å². The van der Waals surface area contributed by atoms with E-state index in [1.165, 1.54) is 0 Å². The molecule has 0 amide bonds. The number of hydrogen-bond donors (Lipinski definition) is 0. The van der Waals surface area contributed by atoms with Gasteiger partial charge in [-0.25, -0.2) is 9.97 Å². The van der Waals surface area contributed by atoms with Crippen LogP contribution in [0.25, 0.3) is 11.0 Å². The first-order chi connectivity index (χ1) is 6.31. The smallest absolute Gasteiger partial charge is 0.232 e. The van der Waals surface area contributed by atoms with Crippen molar-refractivity contribution in [3.63, 3.8) is 0 Å². The van der Waals surface area contributed by atoms with Crippen LogP contribution in [0.4, 0.5) is 0 Å². The molecule has 0 aliphatic carbocycles. The van der Waals surface area contributed by atoms with Gasteiger partial charge in [-0.1, -0.05) is 17.7 Å². The van der Waals surface area contributed by atoms with Gasteiger partial charge >= 0.3 is 0 Å². The Kier molecular flexibility index (Phi) is 2.02. The first-order valence-electron chi connectivity index (χ1n) is 3.76. The van der Waals surface area contributed by atoms with Gasteiger partial charge in [0, 0.05) is 0 Å². The van der Waals surface area contributed by atoms with Crippen molar-refractivity contribution in [2.24, 2.45) is 0 Å². The number of aromatic nitrogens is 2. The number of fused-ring (bicyclic) bond motifs is 1. The number of halogens is 1. The fraction of sp³-hybridized carbons (Fsp3) is 0.111. The quantitative estimate of drug-likeness (QED) is 0.699. The van der Waals surface area contributed by atoms with Crippen LogP contribution in [0.2, 0.25) is 5.02 Å². The SMILES string of the molecule is COc1cnc2cccc(Cl)c2n1. The molecule has 2 aromatic rings. The van der Waals surface area contributed by atoms with E-state index in [-0.39, 0.29) is 0 Å². The van der Waals surface area contributed by atoms with E-state index >= 15 is 0 Å². The molecular weight excluding hydrogens is 188 g/mol. The van der Waals surface area contributed by atoms with Crippen LogP contribution in [0, 0.1) is 0 Å². The Labute approximate surface area is 80.3 Å². The highest BCUT2D eigenvalue weighted by Gasteiger charge is 2.02. The third-order valence-electron chi connectivity index (χ3n) is 1.71. The zero-order valence-electron chi connectivity index (χ0n) is 6.99. The van der Waals surface area contributed by atoms with Crippen LogP contribution in [0.5, 0.6) is 5.88 Å². The molecule has 66 valence electrons. The zero-order chi connectivity index (χ0) is 9.26. The number of para-hydroxylation sites is 1. The number of rotatable bonds is 1. The molecule has 1 heterocycles. The fourth-order valence-electron chi connectivity index (χ4n) is 1.08. The summed E-state index contributed by atoms with van der Waals surface area (Å²) < 4.78 is 4.95. The average molecular weight is 195 g/mol. The van der Waals surface area contributed by atoms with E-state index < -0.39 is 0 Å². The Hall–Kier alpha value is -1.35. The van der Waals surface area contributed by atoms with Crippen molar-refractivity contribution in [3.8, 4) is 5.88 Å². The highest BCUT2D eigenvalue weighted by atomic mass is 35.5. The number of ether oxygens (including phenoxy) is 1. The second-order valence-corrected chi connectivity index (χ2v) is 2.93. The molecule has 0 aliphatic heterocycles. The predicted molar refractivity (Wildman–Crippen MR) is 51.1 cm³/mol. The summed E-state index contributed by atoms with van der Waals surface area (Å²) in [6.07, 6.45) is 1.57. The van der Waals surface area contributed by atoms with E-state index in [0.29, 0.717) is 16.4 Å². The molecule has 4 heteroatoms. The molecule has 13 heavy (non-hydrogen) atoms. The molecule has 1 aromatic heterocycles. The van der Waals surface area contributed by atoms with Crippen LogP contribution in [0.1, 0.15) is 0 Å². The average Bonchev–Trinajstić information content (AvgIpc) is 2.18. The van der Waals surface area contributed by atoms with Gasteiger partial charge < -0.3 is 4.74 Å². The van der Waals surface area contributed by atoms with E-state index in [4.69, 9.17) is 16.3 Å². The molecular formula is C9H7ClN2O. The molecule has 0 spiro atoms. The molecule has 3 nitrogen and oxygen atoms in total. The number of nitrogens with zero attached hydrogens (tertiary/aromatic N) is 2. The molecule has 0 radical (unpaired) electrons. The lowest BCUT2D eigenvalue weighted by atomic mass is 10.3. The van der Waals surface area contributed by atoms with Crippen LogP contribution >= 0.6 is 11.6 Å². The summed E-state index contributed by atoms with van der Waals surface area (Å²) >= 11 is 5.93. The Morgan fingerprint density at radius 2 is 2.23 bits per heavy atom. The van der Waals surface area contributed by atoms with Crippen molar-refractivity contribution in [1.82, 2.24) is 9.97 Å². The lowest BCUT2D eigenvalue weighted by Gasteiger charge is -2.01. The standard InChI is InChI=1S/C9H7ClN2O/c1-13-8-5-11-7-4-2-3-6(10)9(7)12-8/h2-5H,1H3. The lowest BCUT2D eigenvalue weighted by molar-refractivity contribution is 0.397. The highest BCUT2D eigenvalue weighted by molar-refractivity contribution is 6.34. The summed E-state index contributed by atoms with van der Waals surface area (Å²) in [6.45, 7) is 0. The molecule has 1 aromatic carbocycles. The van der Waals surface area contributed by atoms with Crippen molar-refractivity contribution in [3.05, 3.63) is 29.4 Å². The Morgan fingerprint density at radius 1 is 1.38 bits per heavy atom. The van der Waals surface area contributed by atoms with Gasteiger partial charge in [-0.3, -0.25) is 0 Å². The summed E-state index contributed by atoms with van der Waals surface area (Å²) in [6, 6.07) is 5.47. The number of benzene rings is 1. The van der Waals surface area contributed by atoms with Gasteiger partial charge in [-0.15, -0.1) is 0 Å². The Bertz CT molecular complexity index is 445. The second kappa shape index (κ2) is 3.18.